The minimum atomic E-state index is -3.60. The van der Waals surface area contributed by atoms with Gasteiger partial charge in [0.05, 0.1) is 30.5 Å². The Bertz CT molecular complexity index is 966. The van der Waals surface area contributed by atoms with Crippen molar-refractivity contribution >= 4 is 27.0 Å². The number of hydrogen-bond donors (Lipinski definition) is 0. The minimum Gasteiger partial charge on any atom is -0.466 e. The van der Waals surface area contributed by atoms with Gasteiger partial charge in [-0.15, -0.1) is 0 Å². The van der Waals surface area contributed by atoms with Crippen molar-refractivity contribution in [3.05, 3.63) is 35.3 Å². The number of esters is 1. The second-order valence-electron chi connectivity index (χ2n) is 6.99. The quantitative estimate of drug-likeness (QED) is 0.425. The Balaban J connectivity index is 2.00. The number of benzene rings is 1. The highest BCUT2D eigenvalue weighted by molar-refractivity contribution is 7.86. The topological polar surface area (TPSA) is 74.6 Å². The zero-order valence-corrected chi connectivity index (χ0v) is 16.5. The highest BCUT2D eigenvalue weighted by Gasteiger charge is 2.33. The van der Waals surface area contributed by atoms with Crippen molar-refractivity contribution in [2.24, 2.45) is 0 Å². The molecule has 0 amide bonds. The first kappa shape index (κ1) is 19.8. The summed E-state index contributed by atoms with van der Waals surface area (Å²) in [6.45, 7) is 3.54. The van der Waals surface area contributed by atoms with Crippen molar-refractivity contribution in [3.63, 3.8) is 0 Å². The van der Waals surface area contributed by atoms with E-state index in [4.69, 9.17) is 8.92 Å². The third-order valence-corrected chi connectivity index (χ3v) is 5.57. The highest BCUT2D eigenvalue weighted by atomic mass is 32.2. The lowest BCUT2D eigenvalue weighted by molar-refractivity contribution is -0.141. The van der Waals surface area contributed by atoms with Gasteiger partial charge in [-0.1, -0.05) is 12.1 Å². The molecule has 0 fully saturated rings. The zero-order valence-electron chi connectivity index (χ0n) is 15.7. The maximum absolute atomic E-state index is 14.7. The van der Waals surface area contributed by atoms with Crippen LogP contribution in [-0.2, 0) is 36.7 Å². The maximum atomic E-state index is 14.7. The third-order valence-electron chi connectivity index (χ3n) is 4.98. The van der Waals surface area contributed by atoms with Gasteiger partial charge >= 0.3 is 5.97 Å². The molecule has 0 saturated carbocycles. The number of carbonyl (C=O) groups is 1. The molecule has 0 saturated heterocycles. The lowest BCUT2D eigenvalue weighted by Crippen LogP contribution is -2.33. The van der Waals surface area contributed by atoms with E-state index in [0.717, 1.165) is 22.9 Å². The number of carbonyl (C=O) groups excluding carboxylic acids is 1. The smallest absolute Gasteiger partial charge is 0.302 e. The molecule has 0 bridgehead atoms. The van der Waals surface area contributed by atoms with E-state index in [1.807, 2.05) is 17.6 Å². The molecule has 1 aromatic heterocycles. The van der Waals surface area contributed by atoms with Crippen LogP contribution in [0, 0.1) is 5.82 Å². The summed E-state index contributed by atoms with van der Waals surface area (Å²) in [5.41, 5.74) is 2.50. The number of nitrogens with zero attached hydrogens (tertiary/aromatic N) is 1. The van der Waals surface area contributed by atoms with Crippen molar-refractivity contribution < 1.29 is 26.5 Å². The molecule has 27 heavy (non-hydrogen) atoms. The molecule has 0 spiro atoms. The molecule has 3 rings (SSSR count). The van der Waals surface area contributed by atoms with Crippen LogP contribution in [0.5, 0.6) is 0 Å². The van der Waals surface area contributed by atoms with Gasteiger partial charge in [0, 0.05) is 18.0 Å². The maximum Gasteiger partial charge on any atom is 0.302 e. The average Bonchev–Trinajstić information content (AvgIpc) is 2.89. The van der Waals surface area contributed by atoms with Gasteiger partial charge in [-0.3, -0.25) is 8.98 Å². The fourth-order valence-corrected chi connectivity index (χ4v) is 4.65. The molecule has 2 unspecified atom stereocenters. The van der Waals surface area contributed by atoms with Gasteiger partial charge < -0.3 is 9.30 Å². The predicted octanol–water partition coefficient (Wildman–Crippen LogP) is 3.13. The van der Waals surface area contributed by atoms with Crippen LogP contribution in [0.25, 0.3) is 10.9 Å². The molecule has 8 heteroatoms. The summed E-state index contributed by atoms with van der Waals surface area (Å²) in [5.74, 6) is -0.661. The number of para-hydroxylation sites is 1. The summed E-state index contributed by atoms with van der Waals surface area (Å²) in [7, 11) is -3.60. The van der Waals surface area contributed by atoms with E-state index in [1.165, 1.54) is 13.0 Å². The average molecular weight is 397 g/mol. The van der Waals surface area contributed by atoms with Crippen molar-refractivity contribution in [3.8, 4) is 0 Å². The molecule has 148 valence electrons. The Kier molecular flexibility index (Phi) is 5.58. The first-order valence-corrected chi connectivity index (χ1v) is 10.8. The van der Waals surface area contributed by atoms with Crippen molar-refractivity contribution in [2.45, 2.75) is 51.7 Å². The fourth-order valence-electron chi connectivity index (χ4n) is 3.94. The Hall–Kier alpha value is -1.93. The van der Waals surface area contributed by atoms with Gasteiger partial charge in [0.1, 0.15) is 5.82 Å². The van der Waals surface area contributed by atoms with Gasteiger partial charge in [-0.25, -0.2) is 4.39 Å². The number of halogens is 1. The number of ether oxygens (including phenoxy) is 1. The number of aromatic nitrogens is 1. The van der Waals surface area contributed by atoms with Crippen LogP contribution in [0.1, 0.15) is 44.0 Å². The Morgan fingerprint density at radius 1 is 1.37 bits per heavy atom. The van der Waals surface area contributed by atoms with Crippen LogP contribution in [0.3, 0.4) is 0 Å². The van der Waals surface area contributed by atoms with Gasteiger partial charge in [0.2, 0.25) is 0 Å². The fraction of sp³-hybridized carbons (Fsp3) is 0.526. The summed E-state index contributed by atoms with van der Waals surface area (Å²) in [5, 5.41) is 0.819. The molecular formula is C19H24FNO5S. The highest BCUT2D eigenvalue weighted by Crippen LogP contribution is 2.38. The Morgan fingerprint density at radius 2 is 2.11 bits per heavy atom. The molecule has 2 aromatic rings. The van der Waals surface area contributed by atoms with Gasteiger partial charge in [0.15, 0.2) is 0 Å². The van der Waals surface area contributed by atoms with Crippen LogP contribution in [-0.4, -0.2) is 37.9 Å². The van der Waals surface area contributed by atoms with Crippen molar-refractivity contribution in [1.82, 2.24) is 4.57 Å². The number of hydrogen-bond acceptors (Lipinski definition) is 5. The van der Waals surface area contributed by atoms with E-state index in [2.05, 4.69) is 0 Å². The Morgan fingerprint density at radius 3 is 2.78 bits per heavy atom. The van der Waals surface area contributed by atoms with Crippen LogP contribution >= 0.6 is 0 Å². The summed E-state index contributed by atoms with van der Waals surface area (Å²) < 4.78 is 49.9. The second kappa shape index (κ2) is 7.59. The molecule has 1 aliphatic heterocycles. The minimum absolute atomic E-state index is 0.312. The standard InChI is InChI=1S/C19H24FNO5S/c1-12-18(26-27(3,23)24)10-9-17-14(7-5-11-25-13(2)22)15-6-4-8-16(20)19(15)21(12)17/h4,6,8,12,18H,5,7,9-11H2,1-3H3. The largest absolute Gasteiger partial charge is 0.466 e. The van der Waals surface area contributed by atoms with E-state index in [1.54, 1.807) is 6.07 Å². The van der Waals surface area contributed by atoms with Crippen LogP contribution in [0.2, 0.25) is 0 Å². The molecule has 2 atom stereocenters. The molecule has 0 aliphatic carbocycles. The van der Waals surface area contributed by atoms with Gasteiger partial charge in [-0.2, -0.15) is 8.42 Å². The van der Waals surface area contributed by atoms with Crippen molar-refractivity contribution in [2.75, 3.05) is 12.9 Å². The zero-order chi connectivity index (χ0) is 19.8. The SMILES string of the molecule is CC(=O)OCCCc1c2n(c3c(F)cccc13)C(C)C(OS(C)(=O)=O)CC2. The molecule has 1 aromatic carbocycles. The molecule has 0 radical (unpaired) electrons. The van der Waals surface area contributed by atoms with E-state index in [9.17, 15) is 17.6 Å². The molecule has 0 N–H and O–H groups in total. The number of fused-ring (bicyclic) bond motifs is 3. The molecule has 2 heterocycles. The predicted molar refractivity (Wildman–Crippen MR) is 99.6 cm³/mol. The van der Waals surface area contributed by atoms with Crippen LogP contribution < -0.4 is 0 Å². The first-order valence-electron chi connectivity index (χ1n) is 9.01. The monoisotopic (exact) mass is 397 g/mol. The van der Waals surface area contributed by atoms with Crippen molar-refractivity contribution in [1.29, 1.82) is 0 Å². The lowest BCUT2D eigenvalue weighted by Gasteiger charge is -2.32. The van der Waals surface area contributed by atoms with E-state index < -0.39 is 16.2 Å². The molecule has 6 nitrogen and oxygen atoms in total. The van der Waals surface area contributed by atoms with Crippen LogP contribution in [0.15, 0.2) is 18.2 Å². The van der Waals surface area contributed by atoms with E-state index in [0.29, 0.717) is 37.8 Å². The number of aryl methyl sites for hydroxylation is 1. The van der Waals surface area contributed by atoms with E-state index >= 15 is 0 Å². The van der Waals surface area contributed by atoms with E-state index in [-0.39, 0.29) is 17.8 Å². The normalized spacial score (nSPS) is 19.9. The van der Waals surface area contributed by atoms with Gasteiger partial charge in [0.25, 0.3) is 10.1 Å². The summed E-state index contributed by atoms with van der Waals surface area (Å²) in [4.78, 5) is 10.9. The summed E-state index contributed by atoms with van der Waals surface area (Å²) in [6.07, 6.45) is 2.94. The summed E-state index contributed by atoms with van der Waals surface area (Å²) in [6, 6.07) is 4.65. The molecule has 1 aliphatic rings. The van der Waals surface area contributed by atoms with Gasteiger partial charge in [-0.05, 0) is 44.2 Å². The Labute approximate surface area is 158 Å². The second-order valence-corrected chi connectivity index (χ2v) is 8.59. The van der Waals surface area contributed by atoms with Crippen LogP contribution in [0.4, 0.5) is 4.39 Å². The summed E-state index contributed by atoms with van der Waals surface area (Å²) >= 11 is 0. The molecular weight excluding hydrogens is 373 g/mol. The number of rotatable bonds is 6. The lowest BCUT2D eigenvalue weighted by atomic mass is 9.97. The first-order chi connectivity index (χ1) is 12.7. The third kappa shape index (κ3) is 4.16.